The fraction of sp³-hybridized carbons (Fsp3) is 0.625. The molecular formula is C16H26N2O3. The van der Waals surface area contributed by atoms with E-state index in [9.17, 15) is 0 Å². The third-order valence-electron chi connectivity index (χ3n) is 3.79. The van der Waals surface area contributed by atoms with Gasteiger partial charge in [0.25, 0.3) is 0 Å². The molecule has 118 valence electrons. The highest BCUT2D eigenvalue weighted by atomic mass is 16.6. The van der Waals surface area contributed by atoms with Crippen molar-refractivity contribution in [1.29, 1.82) is 0 Å². The first-order valence-corrected chi connectivity index (χ1v) is 7.51. The van der Waals surface area contributed by atoms with Crippen LogP contribution in [0.2, 0.25) is 0 Å². The summed E-state index contributed by atoms with van der Waals surface area (Å²) in [7, 11) is 1.72. The Labute approximate surface area is 127 Å². The van der Waals surface area contributed by atoms with E-state index >= 15 is 0 Å². The van der Waals surface area contributed by atoms with Crippen LogP contribution in [0.25, 0.3) is 0 Å². The smallest absolute Gasteiger partial charge is 0.161 e. The van der Waals surface area contributed by atoms with E-state index in [2.05, 4.69) is 24.8 Å². The van der Waals surface area contributed by atoms with Crippen molar-refractivity contribution in [2.75, 3.05) is 40.0 Å². The molecule has 0 fully saturated rings. The maximum absolute atomic E-state index is 6.04. The van der Waals surface area contributed by atoms with Crippen molar-refractivity contribution in [3.63, 3.8) is 0 Å². The average molecular weight is 294 g/mol. The van der Waals surface area contributed by atoms with Crippen LogP contribution in [-0.4, -0.2) is 51.0 Å². The summed E-state index contributed by atoms with van der Waals surface area (Å²) in [4.78, 5) is 2.36. The van der Waals surface area contributed by atoms with E-state index in [4.69, 9.17) is 19.9 Å². The highest BCUT2D eigenvalue weighted by Crippen LogP contribution is 2.34. The van der Waals surface area contributed by atoms with Crippen LogP contribution in [0.5, 0.6) is 11.5 Å². The Hall–Kier alpha value is -1.30. The summed E-state index contributed by atoms with van der Waals surface area (Å²) in [5, 5.41) is 0. The number of nitrogens with two attached hydrogens (primary N) is 1. The zero-order valence-corrected chi connectivity index (χ0v) is 13.2. The molecular weight excluding hydrogens is 268 g/mol. The SMILES string of the molecule is COCCN(C(C)C)C(CN)c1ccc2c(c1)OCCO2. The van der Waals surface area contributed by atoms with Gasteiger partial charge in [-0.15, -0.1) is 0 Å². The molecule has 1 heterocycles. The molecule has 5 nitrogen and oxygen atoms in total. The number of benzene rings is 1. The van der Waals surface area contributed by atoms with Crippen molar-refractivity contribution < 1.29 is 14.2 Å². The molecule has 0 spiro atoms. The molecule has 0 aliphatic carbocycles. The van der Waals surface area contributed by atoms with Gasteiger partial charge >= 0.3 is 0 Å². The van der Waals surface area contributed by atoms with Gasteiger partial charge in [0, 0.05) is 32.3 Å². The van der Waals surface area contributed by atoms with E-state index in [0.29, 0.717) is 32.4 Å². The van der Waals surface area contributed by atoms with E-state index in [1.54, 1.807) is 7.11 Å². The fourth-order valence-electron chi connectivity index (χ4n) is 2.70. The molecule has 0 amide bonds. The summed E-state index contributed by atoms with van der Waals surface area (Å²) >= 11 is 0. The molecule has 21 heavy (non-hydrogen) atoms. The molecule has 5 heteroatoms. The number of ether oxygens (including phenoxy) is 3. The lowest BCUT2D eigenvalue weighted by molar-refractivity contribution is 0.0975. The van der Waals surface area contributed by atoms with Gasteiger partial charge in [0.15, 0.2) is 11.5 Å². The van der Waals surface area contributed by atoms with Gasteiger partial charge in [0.1, 0.15) is 13.2 Å². The number of nitrogens with zero attached hydrogens (tertiary/aromatic N) is 1. The molecule has 0 bridgehead atoms. The van der Waals surface area contributed by atoms with Crippen molar-refractivity contribution in [3.8, 4) is 11.5 Å². The Balaban J connectivity index is 2.22. The van der Waals surface area contributed by atoms with Gasteiger partial charge in [-0.3, -0.25) is 4.90 Å². The minimum Gasteiger partial charge on any atom is -0.486 e. The molecule has 1 aliphatic rings. The number of rotatable bonds is 7. The molecule has 1 aromatic rings. The largest absolute Gasteiger partial charge is 0.486 e. The summed E-state index contributed by atoms with van der Waals surface area (Å²) in [5.41, 5.74) is 7.20. The van der Waals surface area contributed by atoms with Gasteiger partial charge in [-0.05, 0) is 31.5 Å². The fourth-order valence-corrected chi connectivity index (χ4v) is 2.70. The lowest BCUT2D eigenvalue weighted by atomic mass is 10.0. The summed E-state index contributed by atoms with van der Waals surface area (Å²) in [6.45, 7) is 7.66. The van der Waals surface area contributed by atoms with Crippen LogP contribution >= 0.6 is 0 Å². The third kappa shape index (κ3) is 3.87. The molecule has 2 rings (SSSR count). The van der Waals surface area contributed by atoms with Gasteiger partial charge in [-0.2, -0.15) is 0 Å². The van der Waals surface area contributed by atoms with E-state index < -0.39 is 0 Å². The van der Waals surface area contributed by atoms with Crippen molar-refractivity contribution in [3.05, 3.63) is 23.8 Å². The lowest BCUT2D eigenvalue weighted by Gasteiger charge is -2.35. The van der Waals surface area contributed by atoms with Crippen molar-refractivity contribution >= 4 is 0 Å². The van der Waals surface area contributed by atoms with Crippen LogP contribution in [0.1, 0.15) is 25.5 Å². The molecule has 1 atom stereocenters. The Bertz CT molecular complexity index is 451. The summed E-state index contributed by atoms with van der Waals surface area (Å²) < 4.78 is 16.5. The molecule has 1 unspecified atom stereocenters. The van der Waals surface area contributed by atoms with E-state index in [1.165, 1.54) is 0 Å². The second kappa shape index (κ2) is 7.64. The van der Waals surface area contributed by atoms with Crippen LogP contribution < -0.4 is 15.2 Å². The molecule has 0 radical (unpaired) electrons. The second-order valence-corrected chi connectivity index (χ2v) is 5.48. The van der Waals surface area contributed by atoms with Gasteiger partial charge in [0.05, 0.1) is 6.61 Å². The van der Waals surface area contributed by atoms with Gasteiger partial charge in [-0.1, -0.05) is 6.07 Å². The number of hydrogen-bond acceptors (Lipinski definition) is 5. The Kier molecular flexibility index (Phi) is 5.85. The average Bonchev–Trinajstić information content (AvgIpc) is 2.50. The first-order chi connectivity index (χ1) is 10.2. The maximum Gasteiger partial charge on any atom is 0.161 e. The monoisotopic (exact) mass is 294 g/mol. The first kappa shape index (κ1) is 16.1. The standard InChI is InChI=1S/C16H26N2O3/c1-12(2)18(6-7-19-3)14(11-17)13-4-5-15-16(10-13)21-9-8-20-15/h4-5,10,12,14H,6-9,11,17H2,1-3H3. The van der Waals surface area contributed by atoms with Gasteiger partial charge < -0.3 is 19.9 Å². The first-order valence-electron chi connectivity index (χ1n) is 7.51. The second-order valence-electron chi connectivity index (χ2n) is 5.48. The number of fused-ring (bicyclic) bond motifs is 1. The topological polar surface area (TPSA) is 57.0 Å². The molecule has 0 aromatic heterocycles. The zero-order valence-electron chi connectivity index (χ0n) is 13.2. The van der Waals surface area contributed by atoms with Crippen LogP contribution in [-0.2, 0) is 4.74 Å². The normalized spacial score (nSPS) is 15.5. The van der Waals surface area contributed by atoms with Crippen molar-refractivity contribution in [1.82, 2.24) is 4.90 Å². The highest BCUT2D eigenvalue weighted by molar-refractivity contribution is 5.44. The van der Waals surface area contributed by atoms with E-state index in [1.807, 2.05) is 12.1 Å². The van der Waals surface area contributed by atoms with Crippen LogP contribution in [0, 0.1) is 0 Å². The van der Waals surface area contributed by atoms with Crippen LogP contribution in [0.15, 0.2) is 18.2 Å². The third-order valence-corrected chi connectivity index (χ3v) is 3.79. The highest BCUT2D eigenvalue weighted by Gasteiger charge is 2.23. The minimum absolute atomic E-state index is 0.149. The molecule has 0 saturated heterocycles. The van der Waals surface area contributed by atoms with Gasteiger partial charge in [-0.25, -0.2) is 0 Å². The Morgan fingerprint density at radius 1 is 1.24 bits per heavy atom. The zero-order chi connectivity index (χ0) is 15.2. The summed E-state index contributed by atoms with van der Waals surface area (Å²) in [6, 6.07) is 6.64. The van der Waals surface area contributed by atoms with Crippen LogP contribution in [0.3, 0.4) is 0 Å². The lowest BCUT2D eigenvalue weighted by Crippen LogP contribution is -2.40. The quantitative estimate of drug-likeness (QED) is 0.831. The van der Waals surface area contributed by atoms with E-state index in [-0.39, 0.29) is 6.04 Å². The van der Waals surface area contributed by atoms with Gasteiger partial charge in [0.2, 0.25) is 0 Å². The molecule has 1 aromatic carbocycles. The maximum atomic E-state index is 6.04. The van der Waals surface area contributed by atoms with Crippen molar-refractivity contribution in [2.45, 2.75) is 25.9 Å². The number of hydrogen-bond donors (Lipinski definition) is 1. The summed E-state index contributed by atoms with van der Waals surface area (Å²) in [6.07, 6.45) is 0. The van der Waals surface area contributed by atoms with E-state index in [0.717, 1.165) is 23.6 Å². The van der Waals surface area contributed by atoms with Crippen LogP contribution in [0.4, 0.5) is 0 Å². The predicted molar refractivity (Wildman–Crippen MR) is 82.9 cm³/mol. The molecule has 0 saturated carbocycles. The molecule has 2 N–H and O–H groups in total. The predicted octanol–water partition coefficient (Wildman–Crippen LogP) is 1.81. The molecule has 1 aliphatic heterocycles. The Morgan fingerprint density at radius 3 is 2.57 bits per heavy atom. The Morgan fingerprint density at radius 2 is 1.95 bits per heavy atom. The van der Waals surface area contributed by atoms with Crippen molar-refractivity contribution in [2.24, 2.45) is 5.73 Å². The minimum atomic E-state index is 0.149. The number of methoxy groups -OCH3 is 1. The summed E-state index contributed by atoms with van der Waals surface area (Å²) in [5.74, 6) is 1.63.